The number of fused-ring (bicyclic) bond motifs is 1. The number of amides is 2. The Morgan fingerprint density at radius 2 is 1.67 bits per heavy atom. The van der Waals surface area contributed by atoms with E-state index in [1.807, 2.05) is 48.5 Å². The monoisotopic (exact) mass is 729 g/mol. The number of hydrogen-bond acceptors (Lipinski definition) is 8. The summed E-state index contributed by atoms with van der Waals surface area (Å²) in [6, 6.07) is 19.5. The lowest BCUT2D eigenvalue weighted by molar-refractivity contribution is -0.119. The lowest BCUT2D eigenvalue weighted by atomic mass is 9.97. The van der Waals surface area contributed by atoms with E-state index in [-0.39, 0.29) is 42.9 Å². The van der Waals surface area contributed by atoms with Gasteiger partial charge in [0.25, 0.3) is 5.56 Å². The Labute approximate surface area is 304 Å². The summed E-state index contributed by atoms with van der Waals surface area (Å²) in [5.41, 5.74) is 4.30. The number of aliphatic hydroxyl groups is 1. The largest absolute Gasteiger partial charge is 0.481 e. The van der Waals surface area contributed by atoms with Gasteiger partial charge in [-0.25, -0.2) is 14.8 Å². The molecule has 0 bridgehead atoms. The van der Waals surface area contributed by atoms with Crippen molar-refractivity contribution in [1.82, 2.24) is 24.6 Å². The zero-order valence-corrected chi connectivity index (χ0v) is 30.1. The zero-order valence-electron chi connectivity index (χ0n) is 28.6. The van der Waals surface area contributed by atoms with Crippen LogP contribution in [0.2, 0.25) is 10.0 Å². The molecule has 1 fully saturated rings. The standard InChI is InChI=1S/C38H37Cl2N5O6/c1-38(2,3)51-37(49)44(20-24-12-14-32(47)42-24)19-23-11-13-30(43-36(23)50-4)29-10-6-9-28(35(29)40)27-8-5-7-26(34(27)39)22-15-16-45-31(17-22)41-25(21-46)18-33(45)48/h5-11,13,15-18,24,46H,12,14,19-21H2,1-4H3,(H,42,47)/t24-/m0/s1. The number of aromatic nitrogens is 3. The average Bonchev–Trinajstić information content (AvgIpc) is 3.51. The van der Waals surface area contributed by atoms with Crippen LogP contribution in [-0.4, -0.2) is 61.7 Å². The summed E-state index contributed by atoms with van der Waals surface area (Å²) in [6.07, 6.45) is 2.16. The van der Waals surface area contributed by atoms with Gasteiger partial charge >= 0.3 is 6.09 Å². The van der Waals surface area contributed by atoms with Crippen molar-refractivity contribution >= 4 is 40.8 Å². The SMILES string of the molecule is COc1nc(-c2cccc(-c3cccc(-c4ccn5c(=O)cc(CO)nc5c4)c3Cl)c2Cl)ccc1CN(C[C@@H]1CCC(=O)N1)C(=O)OC(C)(C)C. The Kier molecular flexibility index (Phi) is 10.3. The summed E-state index contributed by atoms with van der Waals surface area (Å²) in [6.45, 7) is 5.48. The minimum atomic E-state index is -0.706. The van der Waals surface area contributed by atoms with Crippen molar-refractivity contribution in [1.29, 1.82) is 0 Å². The highest BCUT2D eigenvalue weighted by molar-refractivity contribution is 6.39. The van der Waals surface area contributed by atoms with Crippen LogP contribution < -0.4 is 15.6 Å². The number of nitrogens with zero attached hydrogens (tertiary/aromatic N) is 4. The molecule has 1 atom stereocenters. The van der Waals surface area contributed by atoms with E-state index in [9.17, 15) is 19.5 Å². The van der Waals surface area contributed by atoms with Gasteiger partial charge in [-0.1, -0.05) is 59.6 Å². The molecule has 4 heterocycles. The van der Waals surface area contributed by atoms with E-state index in [0.29, 0.717) is 67.9 Å². The number of benzene rings is 2. The van der Waals surface area contributed by atoms with Crippen molar-refractivity contribution in [2.24, 2.45) is 0 Å². The lowest BCUT2D eigenvalue weighted by Gasteiger charge is -2.29. The topological polar surface area (TPSA) is 135 Å². The van der Waals surface area contributed by atoms with E-state index < -0.39 is 11.7 Å². The predicted octanol–water partition coefficient (Wildman–Crippen LogP) is 6.91. The average molecular weight is 731 g/mol. The summed E-state index contributed by atoms with van der Waals surface area (Å²) in [5, 5.41) is 13.3. The molecule has 13 heteroatoms. The van der Waals surface area contributed by atoms with Crippen LogP contribution >= 0.6 is 23.2 Å². The molecule has 1 aliphatic rings. The number of nitrogens with one attached hydrogen (secondary N) is 1. The second kappa shape index (κ2) is 14.7. The first-order valence-corrected chi connectivity index (χ1v) is 17.1. The number of pyridine rings is 2. The first-order chi connectivity index (χ1) is 24.3. The maximum absolute atomic E-state index is 13.3. The van der Waals surface area contributed by atoms with Gasteiger partial charge in [0.15, 0.2) is 0 Å². The molecule has 0 unspecified atom stereocenters. The summed E-state index contributed by atoms with van der Waals surface area (Å²) >= 11 is 14.1. The van der Waals surface area contributed by atoms with E-state index >= 15 is 0 Å². The number of aliphatic hydroxyl groups excluding tert-OH is 1. The second-order valence-electron chi connectivity index (χ2n) is 13.3. The van der Waals surface area contributed by atoms with Gasteiger partial charge < -0.3 is 24.8 Å². The Balaban J connectivity index is 1.32. The number of hydrogen-bond donors (Lipinski definition) is 2. The minimum absolute atomic E-state index is 0.0406. The smallest absolute Gasteiger partial charge is 0.410 e. The molecule has 11 nitrogen and oxygen atoms in total. The van der Waals surface area contributed by atoms with Gasteiger partial charge in [-0.05, 0) is 57.0 Å². The van der Waals surface area contributed by atoms with Gasteiger partial charge in [-0.3, -0.25) is 14.0 Å². The number of carbonyl (C=O) groups is 2. The number of ether oxygens (including phenoxy) is 2. The van der Waals surface area contributed by atoms with Crippen LogP contribution in [0.15, 0.2) is 77.7 Å². The van der Waals surface area contributed by atoms with Crippen molar-refractivity contribution in [3.05, 3.63) is 105 Å². The second-order valence-corrected chi connectivity index (χ2v) is 14.0. The number of methoxy groups -OCH3 is 1. The molecule has 2 N–H and O–H groups in total. The maximum Gasteiger partial charge on any atom is 0.410 e. The van der Waals surface area contributed by atoms with Crippen LogP contribution in [0.1, 0.15) is 44.9 Å². The summed E-state index contributed by atoms with van der Waals surface area (Å²) in [7, 11) is 1.51. The van der Waals surface area contributed by atoms with E-state index in [4.69, 9.17) is 37.7 Å². The van der Waals surface area contributed by atoms with Crippen molar-refractivity contribution in [3.63, 3.8) is 0 Å². The fourth-order valence-corrected chi connectivity index (χ4v) is 6.70. The molecule has 5 aromatic rings. The fourth-order valence-electron chi connectivity index (χ4n) is 6.03. The fraction of sp³-hybridized carbons (Fsp3) is 0.289. The maximum atomic E-state index is 13.3. The summed E-state index contributed by atoms with van der Waals surface area (Å²) < 4.78 is 12.8. The summed E-state index contributed by atoms with van der Waals surface area (Å²) in [4.78, 5) is 48.3. The van der Waals surface area contributed by atoms with E-state index in [2.05, 4.69) is 10.3 Å². The Hall–Kier alpha value is -4.97. The highest BCUT2D eigenvalue weighted by atomic mass is 35.5. The Morgan fingerprint density at radius 3 is 2.31 bits per heavy atom. The number of carbonyl (C=O) groups excluding carboxylic acids is 2. The molecule has 264 valence electrons. The highest BCUT2D eigenvalue weighted by Gasteiger charge is 2.29. The molecule has 2 aromatic carbocycles. The van der Waals surface area contributed by atoms with E-state index in [1.54, 1.807) is 44.0 Å². The number of halogens is 2. The van der Waals surface area contributed by atoms with Crippen LogP contribution in [0.4, 0.5) is 4.79 Å². The van der Waals surface area contributed by atoms with Crippen molar-refractivity contribution in [3.8, 4) is 39.4 Å². The minimum Gasteiger partial charge on any atom is -0.481 e. The normalized spacial score (nSPS) is 14.4. The molecule has 2 amide bonds. The first kappa shape index (κ1) is 35.8. The molecule has 0 saturated carbocycles. The van der Waals surface area contributed by atoms with Gasteiger partial charge in [0, 0.05) is 59.1 Å². The first-order valence-electron chi connectivity index (χ1n) is 16.4. The van der Waals surface area contributed by atoms with Crippen LogP contribution in [0, 0.1) is 0 Å². The summed E-state index contributed by atoms with van der Waals surface area (Å²) in [5.74, 6) is 0.271. The molecule has 51 heavy (non-hydrogen) atoms. The highest BCUT2D eigenvalue weighted by Crippen LogP contribution is 2.42. The van der Waals surface area contributed by atoms with Crippen LogP contribution in [0.5, 0.6) is 5.88 Å². The van der Waals surface area contributed by atoms with Crippen molar-refractivity contribution in [2.45, 2.75) is 58.4 Å². The molecular formula is C38H37Cl2N5O6. The lowest BCUT2D eigenvalue weighted by Crippen LogP contribution is -2.43. The van der Waals surface area contributed by atoms with Gasteiger partial charge in [0.2, 0.25) is 11.8 Å². The molecule has 0 aliphatic carbocycles. The number of rotatable bonds is 9. The molecular weight excluding hydrogens is 693 g/mol. The Bertz CT molecular complexity index is 2200. The third-order valence-electron chi connectivity index (χ3n) is 8.43. The van der Waals surface area contributed by atoms with Crippen molar-refractivity contribution < 1.29 is 24.2 Å². The molecule has 6 rings (SSSR count). The quantitative estimate of drug-likeness (QED) is 0.167. The molecule has 0 radical (unpaired) electrons. The third kappa shape index (κ3) is 7.85. The van der Waals surface area contributed by atoms with E-state index in [1.165, 1.54) is 17.6 Å². The van der Waals surface area contributed by atoms with Gasteiger partial charge in [-0.2, -0.15) is 0 Å². The van der Waals surface area contributed by atoms with Crippen LogP contribution in [0.3, 0.4) is 0 Å². The van der Waals surface area contributed by atoms with E-state index in [0.717, 1.165) is 5.56 Å². The molecule has 1 aliphatic heterocycles. The Morgan fingerprint density at radius 1 is 0.980 bits per heavy atom. The van der Waals surface area contributed by atoms with Gasteiger partial charge in [0.05, 0.1) is 41.7 Å². The zero-order chi connectivity index (χ0) is 36.4. The predicted molar refractivity (Wildman–Crippen MR) is 196 cm³/mol. The van der Waals surface area contributed by atoms with Gasteiger partial charge in [0.1, 0.15) is 11.2 Å². The van der Waals surface area contributed by atoms with Crippen LogP contribution in [0.25, 0.3) is 39.2 Å². The van der Waals surface area contributed by atoms with Crippen molar-refractivity contribution in [2.75, 3.05) is 13.7 Å². The molecule has 1 saturated heterocycles. The van der Waals surface area contributed by atoms with Gasteiger partial charge in [-0.15, -0.1) is 0 Å². The molecule has 0 spiro atoms. The molecule has 3 aromatic heterocycles. The third-order valence-corrected chi connectivity index (χ3v) is 9.24. The van der Waals surface area contributed by atoms with Crippen LogP contribution in [-0.2, 0) is 22.7 Å².